The minimum atomic E-state index is -0.289. The summed E-state index contributed by atoms with van der Waals surface area (Å²) in [6, 6.07) is 48.6. The van der Waals surface area contributed by atoms with Gasteiger partial charge in [0.1, 0.15) is 0 Å². The van der Waals surface area contributed by atoms with Gasteiger partial charge in [0.2, 0.25) is 0 Å². The number of hydrogen-bond donors (Lipinski definition) is 1. The van der Waals surface area contributed by atoms with Crippen molar-refractivity contribution >= 4 is 41.1 Å². The number of allylic oxidation sites excluding steroid dienone is 3. The molecule has 7 aromatic carbocycles. The molecule has 0 spiro atoms. The Balaban J connectivity index is 1.12. The maximum absolute atomic E-state index is 4.28. The zero-order chi connectivity index (χ0) is 55.5. The highest BCUT2D eigenvalue weighted by Crippen LogP contribution is 2.59. The summed E-state index contributed by atoms with van der Waals surface area (Å²) in [6.07, 6.45) is 11.8. The molecule has 0 bridgehead atoms. The molecule has 1 atom stereocenters. The van der Waals surface area contributed by atoms with Crippen molar-refractivity contribution < 1.29 is 0 Å². The van der Waals surface area contributed by atoms with Crippen molar-refractivity contribution in [1.82, 2.24) is 0 Å². The van der Waals surface area contributed by atoms with Gasteiger partial charge in [0.05, 0.1) is 0 Å². The van der Waals surface area contributed by atoms with Crippen LogP contribution < -0.4 is 15.7 Å². The monoisotopic (exact) mass is 1040 g/mol. The lowest BCUT2D eigenvalue weighted by atomic mass is 9.54. The molecular weight excluding hydrogens is 952 g/mol. The number of nitrogens with one attached hydrogen (secondary N) is 1. The van der Waals surface area contributed by atoms with Crippen LogP contribution in [0.25, 0.3) is 39.0 Å². The molecular formula is C76H85BN2. The van der Waals surface area contributed by atoms with E-state index in [1.807, 2.05) is 0 Å². The van der Waals surface area contributed by atoms with Gasteiger partial charge in [0.25, 0.3) is 0 Å². The van der Waals surface area contributed by atoms with Gasteiger partial charge in [0, 0.05) is 39.4 Å². The molecule has 1 aliphatic heterocycles. The maximum Gasteiger partial charge on any atom is 0.193 e. The minimum absolute atomic E-state index is 0.0509. The van der Waals surface area contributed by atoms with Crippen LogP contribution in [0.3, 0.4) is 0 Å². The lowest BCUT2D eigenvalue weighted by Gasteiger charge is -2.44. The van der Waals surface area contributed by atoms with Crippen molar-refractivity contribution in [2.24, 2.45) is 0 Å². The Labute approximate surface area is 475 Å². The Hall–Kier alpha value is -6.32. The van der Waals surface area contributed by atoms with Crippen LogP contribution in [0.5, 0.6) is 0 Å². The Bertz CT molecular complexity index is 3760. The lowest BCUT2D eigenvalue weighted by molar-refractivity contribution is 0.332. The molecule has 0 amide bonds. The Morgan fingerprint density at radius 3 is 1.85 bits per heavy atom. The fourth-order valence-electron chi connectivity index (χ4n) is 15.8. The molecule has 0 fully saturated rings. The van der Waals surface area contributed by atoms with Crippen LogP contribution in [-0.4, -0.2) is 7.28 Å². The van der Waals surface area contributed by atoms with Crippen LogP contribution in [0.1, 0.15) is 208 Å². The van der Waals surface area contributed by atoms with Crippen LogP contribution in [0.4, 0.5) is 22.7 Å². The number of nitrogens with zero attached hydrogens (tertiary/aromatic N) is 1. The fourth-order valence-corrected chi connectivity index (χ4v) is 15.8. The number of aryl methyl sites for hydroxylation is 2. The van der Waals surface area contributed by atoms with Gasteiger partial charge in [-0.1, -0.05) is 186 Å². The van der Waals surface area contributed by atoms with Crippen molar-refractivity contribution in [3.8, 4) is 33.4 Å². The third kappa shape index (κ3) is 8.31. The molecule has 13 rings (SSSR count). The number of rotatable bonds is 6. The Kier molecular flexibility index (Phi) is 11.8. The van der Waals surface area contributed by atoms with Gasteiger partial charge >= 0.3 is 0 Å². The fraction of sp³-hybridized carbons (Fsp3) is 0.395. The predicted octanol–water partition coefficient (Wildman–Crippen LogP) is 19.9. The first-order chi connectivity index (χ1) is 37.3. The van der Waals surface area contributed by atoms with Crippen molar-refractivity contribution in [2.75, 3.05) is 10.2 Å². The van der Waals surface area contributed by atoms with Gasteiger partial charge in [-0.3, -0.25) is 0 Å². The van der Waals surface area contributed by atoms with E-state index >= 15 is 0 Å². The molecule has 0 aromatic heterocycles. The Morgan fingerprint density at radius 2 is 1.15 bits per heavy atom. The summed E-state index contributed by atoms with van der Waals surface area (Å²) in [6.45, 7) is 36.9. The molecule has 79 heavy (non-hydrogen) atoms. The van der Waals surface area contributed by atoms with E-state index in [-0.39, 0.29) is 32.5 Å². The largest absolute Gasteiger partial charge is 0.355 e. The smallest absolute Gasteiger partial charge is 0.193 e. The highest BCUT2D eigenvalue weighted by atomic mass is 15.2. The molecule has 0 radical (unpaired) electrons. The molecule has 2 nitrogen and oxygen atoms in total. The van der Waals surface area contributed by atoms with E-state index in [0.29, 0.717) is 5.92 Å². The zero-order valence-electron chi connectivity index (χ0n) is 50.5. The summed E-state index contributed by atoms with van der Waals surface area (Å²) in [5, 5.41) is 4.28. The first-order valence-corrected chi connectivity index (χ1v) is 30.3. The van der Waals surface area contributed by atoms with E-state index in [1.165, 1.54) is 167 Å². The standard InChI is InChI=1S/C76H85BN2/c1-45-21-23-49(24-22-45)51-38-56(70-67(40-51)79(66-39-50(25-29-63(66)77-70)48-19-17-16-18-20-48)65-44-62-60(37-47(65)3)73(8,9)35-36-75(62,12)13)68-64(78-52-26-28-57-61(41-52)74(10,11)34-33-72(57,6)7)30-27-53-55-42-54-46(2)31-32-71(4,5)58(54)43-59(55)76(14,15)69(53)68/h16-24,26-28,30,37-44,46,77-78H,25,29,31-36H2,1-15H3. The summed E-state index contributed by atoms with van der Waals surface area (Å²) >= 11 is 0. The highest BCUT2D eigenvalue weighted by Gasteiger charge is 2.45. The van der Waals surface area contributed by atoms with Crippen LogP contribution >= 0.6 is 0 Å². The van der Waals surface area contributed by atoms with E-state index in [1.54, 1.807) is 11.1 Å². The van der Waals surface area contributed by atoms with Gasteiger partial charge in [0.15, 0.2) is 7.28 Å². The van der Waals surface area contributed by atoms with Gasteiger partial charge in [-0.05, 0) is 235 Å². The minimum Gasteiger partial charge on any atom is -0.355 e. The summed E-state index contributed by atoms with van der Waals surface area (Å²) < 4.78 is 0. The van der Waals surface area contributed by atoms with Crippen LogP contribution in [0.2, 0.25) is 0 Å². The molecule has 1 heterocycles. The van der Waals surface area contributed by atoms with Gasteiger partial charge < -0.3 is 10.2 Å². The number of anilines is 4. The number of benzene rings is 7. The molecule has 0 saturated carbocycles. The average Bonchev–Trinajstić information content (AvgIpc) is 3.88. The van der Waals surface area contributed by atoms with Crippen molar-refractivity contribution in [3.63, 3.8) is 0 Å². The molecule has 3 heteroatoms. The second kappa shape index (κ2) is 17.8. The quantitative estimate of drug-likeness (QED) is 0.167. The average molecular weight is 1040 g/mol. The van der Waals surface area contributed by atoms with Gasteiger partial charge in [-0.2, -0.15) is 0 Å². The number of hydrogen-bond acceptors (Lipinski definition) is 2. The van der Waals surface area contributed by atoms with E-state index in [9.17, 15) is 0 Å². The molecule has 0 saturated heterocycles. The topological polar surface area (TPSA) is 15.3 Å². The van der Waals surface area contributed by atoms with Gasteiger partial charge in [-0.15, -0.1) is 0 Å². The van der Waals surface area contributed by atoms with E-state index in [2.05, 4.69) is 241 Å². The number of fused-ring (bicyclic) bond motifs is 7. The molecule has 6 aliphatic rings. The second-order valence-corrected chi connectivity index (χ2v) is 29.4. The summed E-state index contributed by atoms with van der Waals surface area (Å²) in [4.78, 5) is 2.76. The molecule has 1 N–H and O–H groups in total. The molecule has 402 valence electrons. The van der Waals surface area contributed by atoms with E-state index in [0.717, 1.165) is 20.1 Å². The first kappa shape index (κ1) is 52.1. The first-order valence-electron chi connectivity index (χ1n) is 30.3. The lowest BCUT2D eigenvalue weighted by Crippen LogP contribution is -2.38. The molecule has 1 unspecified atom stereocenters. The summed E-state index contributed by atoms with van der Waals surface area (Å²) in [7, 11) is 0.893. The predicted molar refractivity (Wildman–Crippen MR) is 341 cm³/mol. The van der Waals surface area contributed by atoms with Crippen LogP contribution in [0.15, 0.2) is 139 Å². The van der Waals surface area contributed by atoms with Crippen LogP contribution in [-0.2, 0) is 32.5 Å². The Morgan fingerprint density at radius 1 is 0.506 bits per heavy atom. The normalized spacial score (nSPS) is 21.0. The van der Waals surface area contributed by atoms with E-state index in [4.69, 9.17) is 0 Å². The maximum atomic E-state index is 4.28. The SMILES string of the molecule is Cc1ccc(-c2cc(-c3c(Nc4ccc5c(c4)C(C)(C)CCC5(C)C)ccc4c3C(C)(C)c3cc5c(cc3-4)C(C)CCC5(C)C)c3c(c2)N(c2cc4c(cc2C)C(C)(C)CCC4(C)C)C2=C(B3)CCC(c3ccccc3)=C2)cc1. The van der Waals surface area contributed by atoms with E-state index < -0.39 is 0 Å². The van der Waals surface area contributed by atoms with Crippen molar-refractivity contribution in [1.29, 1.82) is 0 Å². The second-order valence-electron chi connectivity index (χ2n) is 29.4. The van der Waals surface area contributed by atoms with Crippen molar-refractivity contribution in [3.05, 3.63) is 200 Å². The molecule has 5 aliphatic carbocycles. The summed E-state index contributed by atoms with van der Waals surface area (Å²) in [5.74, 6) is 0.529. The van der Waals surface area contributed by atoms with Crippen molar-refractivity contribution in [2.45, 2.75) is 194 Å². The highest BCUT2D eigenvalue weighted by molar-refractivity contribution is 6.66. The summed E-state index contributed by atoms with van der Waals surface area (Å²) in [5.41, 5.74) is 34.8. The van der Waals surface area contributed by atoms with Gasteiger partial charge in [-0.25, -0.2) is 0 Å². The zero-order valence-corrected chi connectivity index (χ0v) is 50.5. The molecule has 7 aromatic rings. The third-order valence-corrected chi connectivity index (χ3v) is 21.3. The third-order valence-electron chi connectivity index (χ3n) is 21.3. The van der Waals surface area contributed by atoms with Crippen LogP contribution in [0, 0.1) is 13.8 Å².